The summed E-state index contributed by atoms with van der Waals surface area (Å²) in [6, 6.07) is 9.58. The maximum absolute atomic E-state index is 12.2. The summed E-state index contributed by atoms with van der Waals surface area (Å²) in [6.45, 7) is 3.95. The molecule has 0 spiro atoms. The molecular formula is C17H23N3O2. The van der Waals surface area contributed by atoms with E-state index < -0.39 is 0 Å². The second kappa shape index (κ2) is 7.75. The first kappa shape index (κ1) is 16.2. The van der Waals surface area contributed by atoms with E-state index in [1.54, 1.807) is 0 Å². The van der Waals surface area contributed by atoms with Crippen molar-refractivity contribution >= 4 is 5.91 Å². The van der Waals surface area contributed by atoms with E-state index >= 15 is 0 Å². The highest BCUT2D eigenvalue weighted by atomic mass is 16.3. The van der Waals surface area contributed by atoms with Crippen LogP contribution < -0.4 is 5.32 Å². The molecule has 22 heavy (non-hydrogen) atoms. The number of aliphatic hydroxyl groups excluding tert-OH is 1. The molecule has 1 atom stereocenters. The van der Waals surface area contributed by atoms with Crippen molar-refractivity contribution in [2.45, 2.75) is 39.2 Å². The van der Waals surface area contributed by atoms with Crippen molar-refractivity contribution in [2.75, 3.05) is 6.61 Å². The monoisotopic (exact) mass is 301 g/mol. The number of rotatable bonds is 7. The third kappa shape index (κ3) is 4.18. The third-order valence-corrected chi connectivity index (χ3v) is 3.84. The predicted molar refractivity (Wildman–Crippen MR) is 85.4 cm³/mol. The van der Waals surface area contributed by atoms with Gasteiger partial charge in [0.05, 0.1) is 11.7 Å². The zero-order valence-electron chi connectivity index (χ0n) is 13.1. The van der Waals surface area contributed by atoms with Crippen LogP contribution in [-0.4, -0.2) is 27.8 Å². The molecule has 0 fully saturated rings. The molecule has 0 aliphatic heterocycles. The number of benzene rings is 1. The number of hydrogen-bond acceptors (Lipinski definition) is 3. The van der Waals surface area contributed by atoms with Crippen LogP contribution in [0.15, 0.2) is 30.3 Å². The fourth-order valence-electron chi connectivity index (χ4n) is 2.58. The molecule has 0 saturated carbocycles. The van der Waals surface area contributed by atoms with Crippen LogP contribution in [0.2, 0.25) is 0 Å². The molecule has 0 radical (unpaired) electrons. The van der Waals surface area contributed by atoms with Crippen molar-refractivity contribution in [2.24, 2.45) is 0 Å². The summed E-state index contributed by atoms with van der Waals surface area (Å²) in [6.07, 6.45) is 1.59. The van der Waals surface area contributed by atoms with Gasteiger partial charge in [0.1, 0.15) is 0 Å². The lowest BCUT2D eigenvalue weighted by atomic mass is 10.0. The molecule has 2 rings (SSSR count). The van der Waals surface area contributed by atoms with Gasteiger partial charge in [-0.05, 0) is 37.8 Å². The third-order valence-electron chi connectivity index (χ3n) is 3.84. The fraction of sp³-hybridized carbons (Fsp3) is 0.412. The Morgan fingerprint density at radius 2 is 2.05 bits per heavy atom. The van der Waals surface area contributed by atoms with Crippen LogP contribution in [0.4, 0.5) is 0 Å². The van der Waals surface area contributed by atoms with E-state index in [1.165, 1.54) is 0 Å². The summed E-state index contributed by atoms with van der Waals surface area (Å²) in [5.41, 5.74) is 4.08. The van der Waals surface area contributed by atoms with E-state index in [4.69, 9.17) is 0 Å². The van der Waals surface area contributed by atoms with Gasteiger partial charge in [-0.3, -0.25) is 9.89 Å². The van der Waals surface area contributed by atoms with Crippen LogP contribution in [0, 0.1) is 13.8 Å². The van der Waals surface area contributed by atoms with Gasteiger partial charge in [-0.15, -0.1) is 0 Å². The van der Waals surface area contributed by atoms with Gasteiger partial charge in [-0.25, -0.2) is 0 Å². The Bertz CT molecular complexity index is 588. The summed E-state index contributed by atoms with van der Waals surface area (Å²) in [7, 11) is 0. The first-order valence-electron chi connectivity index (χ1n) is 7.57. The van der Waals surface area contributed by atoms with Crippen molar-refractivity contribution in [3.05, 3.63) is 52.8 Å². The Hall–Kier alpha value is -2.14. The number of amides is 1. The van der Waals surface area contributed by atoms with Crippen molar-refractivity contribution in [3.8, 4) is 0 Å². The van der Waals surface area contributed by atoms with E-state index in [9.17, 15) is 9.90 Å². The van der Waals surface area contributed by atoms with Gasteiger partial charge in [-0.1, -0.05) is 30.3 Å². The Kier molecular flexibility index (Phi) is 5.72. The highest BCUT2D eigenvalue weighted by Crippen LogP contribution is 2.17. The van der Waals surface area contributed by atoms with Crippen LogP contribution in [-0.2, 0) is 11.2 Å². The molecule has 1 aromatic carbocycles. The van der Waals surface area contributed by atoms with Gasteiger partial charge >= 0.3 is 0 Å². The number of aliphatic hydroxyl groups is 1. The van der Waals surface area contributed by atoms with E-state index in [-0.39, 0.29) is 18.6 Å². The smallest absolute Gasteiger partial charge is 0.220 e. The molecule has 0 aliphatic carbocycles. The number of carbonyl (C=O) groups excluding carboxylic acids is 1. The van der Waals surface area contributed by atoms with Crippen LogP contribution in [0.5, 0.6) is 0 Å². The van der Waals surface area contributed by atoms with Crippen LogP contribution in [0.25, 0.3) is 0 Å². The van der Waals surface area contributed by atoms with Gasteiger partial charge < -0.3 is 10.4 Å². The molecule has 1 heterocycles. The SMILES string of the molecule is Cc1n[nH]c(C)c1CCC(=O)NC(CCO)c1ccccc1. The molecule has 3 N–H and O–H groups in total. The average Bonchev–Trinajstić information content (AvgIpc) is 2.84. The first-order chi connectivity index (χ1) is 10.6. The van der Waals surface area contributed by atoms with Crippen molar-refractivity contribution in [3.63, 3.8) is 0 Å². The summed E-state index contributed by atoms with van der Waals surface area (Å²) in [5.74, 6) is -0.0118. The number of nitrogens with one attached hydrogen (secondary N) is 2. The summed E-state index contributed by atoms with van der Waals surface area (Å²) >= 11 is 0. The van der Waals surface area contributed by atoms with Gasteiger partial charge in [0.15, 0.2) is 0 Å². The second-order valence-electron chi connectivity index (χ2n) is 5.46. The topological polar surface area (TPSA) is 78.0 Å². The van der Waals surface area contributed by atoms with Gasteiger partial charge in [-0.2, -0.15) is 5.10 Å². The van der Waals surface area contributed by atoms with Crippen molar-refractivity contribution < 1.29 is 9.90 Å². The lowest BCUT2D eigenvalue weighted by molar-refractivity contribution is -0.121. The van der Waals surface area contributed by atoms with Crippen LogP contribution >= 0.6 is 0 Å². The number of aromatic nitrogens is 2. The van der Waals surface area contributed by atoms with E-state index in [0.29, 0.717) is 19.3 Å². The Balaban J connectivity index is 1.94. The molecule has 0 saturated heterocycles. The minimum atomic E-state index is -0.148. The minimum Gasteiger partial charge on any atom is -0.396 e. The normalized spacial score (nSPS) is 12.1. The zero-order valence-corrected chi connectivity index (χ0v) is 13.1. The number of carbonyl (C=O) groups is 1. The minimum absolute atomic E-state index is 0.0118. The molecule has 5 nitrogen and oxygen atoms in total. The van der Waals surface area contributed by atoms with E-state index in [1.807, 2.05) is 44.2 Å². The molecule has 1 aromatic heterocycles. The second-order valence-corrected chi connectivity index (χ2v) is 5.46. The molecule has 0 aliphatic rings. The number of aromatic amines is 1. The molecule has 2 aromatic rings. The van der Waals surface area contributed by atoms with E-state index in [0.717, 1.165) is 22.5 Å². The quantitative estimate of drug-likeness (QED) is 0.733. The fourth-order valence-corrected chi connectivity index (χ4v) is 2.58. The lowest BCUT2D eigenvalue weighted by Gasteiger charge is -2.18. The van der Waals surface area contributed by atoms with Crippen molar-refractivity contribution in [1.29, 1.82) is 0 Å². The highest BCUT2D eigenvalue weighted by molar-refractivity contribution is 5.76. The Labute approximate surface area is 130 Å². The summed E-state index contributed by atoms with van der Waals surface area (Å²) in [4.78, 5) is 12.2. The molecule has 1 amide bonds. The highest BCUT2D eigenvalue weighted by Gasteiger charge is 2.15. The van der Waals surface area contributed by atoms with Gasteiger partial charge in [0, 0.05) is 18.7 Å². The molecule has 0 bridgehead atoms. The molecule has 1 unspecified atom stereocenters. The standard InChI is InChI=1S/C17H23N3O2/c1-12-15(13(2)20-19-12)8-9-17(22)18-16(10-11-21)14-6-4-3-5-7-14/h3-7,16,21H,8-11H2,1-2H3,(H,18,22)(H,19,20). The first-order valence-corrected chi connectivity index (χ1v) is 7.57. The molecular weight excluding hydrogens is 278 g/mol. The largest absolute Gasteiger partial charge is 0.396 e. The number of hydrogen-bond donors (Lipinski definition) is 3. The summed E-state index contributed by atoms with van der Waals surface area (Å²) < 4.78 is 0. The predicted octanol–water partition coefficient (Wildman–Crippen LogP) is 2.20. The van der Waals surface area contributed by atoms with Gasteiger partial charge in [0.2, 0.25) is 5.91 Å². The van der Waals surface area contributed by atoms with E-state index in [2.05, 4.69) is 15.5 Å². The number of nitrogens with zero attached hydrogens (tertiary/aromatic N) is 1. The average molecular weight is 301 g/mol. The Morgan fingerprint density at radius 3 is 2.64 bits per heavy atom. The maximum atomic E-state index is 12.2. The lowest BCUT2D eigenvalue weighted by Crippen LogP contribution is -2.29. The molecule has 118 valence electrons. The maximum Gasteiger partial charge on any atom is 0.220 e. The van der Waals surface area contributed by atoms with Crippen LogP contribution in [0.1, 0.15) is 41.4 Å². The number of H-pyrrole nitrogens is 1. The van der Waals surface area contributed by atoms with Gasteiger partial charge in [0.25, 0.3) is 0 Å². The zero-order chi connectivity index (χ0) is 15.9. The summed E-state index contributed by atoms with van der Waals surface area (Å²) in [5, 5.41) is 19.3. The molecule has 5 heteroatoms. The Morgan fingerprint density at radius 1 is 1.32 bits per heavy atom. The number of aryl methyl sites for hydroxylation is 2. The van der Waals surface area contributed by atoms with Crippen molar-refractivity contribution in [1.82, 2.24) is 15.5 Å². The van der Waals surface area contributed by atoms with Crippen LogP contribution in [0.3, 0.4) is 0 Å².